The summed E-state index contributed by atoms with van der Waals surface area (Å²) in [6.07, 6.45) is 1.20. The normalized spacial score (nSPS) is 21.2. The molecule has 1 aromatic carbocycles. The van der Waals surface area contributed by atoms with Crippen LogP contribution in [0.3, 0.4) is 0 Å². The molecule has 1 aliphatic heterocycles. The summed E-state index contributed by atoms with van der Waals surface area (Å²) in [7, 11) is 0. The van der Waals surface area contributed by atoms with Crippen molar-refractivity contribution in [1.82, 2.24) is 0 Å². The zero-order chi connectivity index (χ0) is 8.39. The van der Waals surface area contributed by atoms with Gasteiger partial charge in [0.15, 0.2) is 0 Å². The molecule has 2 nitrogen and oxygen atoms in total. The molecule has 12 heavy (non-hydrogen) atoms. The van der Waals surface area contributed by atoms with Crippen molar-refractivity contribution in [2.75, 3.05) is 5.32 Å². The van der Waals surface area contributed by atoms with E-state index in [1.807, 2.05) is 12.1 Å². The highest BCUT2D eigenvalue weighted by Crippen LogP contribution is 2.23. The maximum atomic E-state index is 5.54. The van der Waals surface area contributed by atoms with Crippen molar-refractivity contribution in [1.29, 1.82) is 0 Å². The van der Waals surface area contributed by atoms with Gasteiger partial charge in [-0.1, -0.05) is 25.1 Å². The quantitative estimate of drug-likeness (QED) is 0.686. The van der Waals surface area contributed by atoms with Crippen LogP contribution in [0.25, 0.3) is 0 Å². The lowest BCUT2D eigenvalue weighted by atomic mass is 10.1. The van der Waals surface area contributed by atoms with Gasteiger partial charge in [0.1, 0.15) is 6.23 Å². The van der Waals surface area contributed by atoms with Crippen LogP contribution in [0.2, 0.25) is 0 Å². The topological polar surface area (TPSA) is 21.3 Å². The average Bonchev–Trinajstić information content (AvgIpc) is 2.17. The first-order valence-electron chi connectivity index (χ1n) is 4.36. The molecule has 0 radical (unpaired) electrons. The van der Waals surface area contributed by atoms with E-state index in [0.29, 0.717) is 0 Å². The molecule has 2 heteroatoms. The number of nitrogens with one attached hydrogen (secondary N) is 1. The summed E-state index contributed by atoms with van der Waals surface area (Å²) in [5.41, 5.74) is 2.47. The van der Waals surface area contributed by atoms with E-state index in [-0.39, 0.29) is 6.23 Å². The summed E-state index contributed by atoms with van der Waals surface area (Å²) in [6.45, 7) is 2.85. The molecule has 0 bridgehead atoms. The summed E-state index contributed by atoms with van der Waals surface area (Å²) < 4.78 is 5.54. The summed E-state index contributed by atoms with van der Waals surface area (Å²) in [4.78, 5) is 0. The first-order valence-corrected chi connectivity index (χ1v) is 4.36. The number of hydrogen-bond donors (Lipinski definition) is 1. The molecule has 1 heterocycles. The van der Waals surface area contributed by atoms with Crippen molar-refractivity contribution in [2.24, 2.45) is 0 Å². The van der Waals surface area contributed by atoms with Gasteiger partial charge in [0.2, 0.25) is 0 Å². The van der Waals surface area contributed by atoms with Crippen LogP contribution in [-0.2, 0) is 11.3 Å². The molecule has 0 spiro atoms. The van der Waals surface area contributed by atoms with Gasteiger partial charge in [-0.15, -0.1) is 0 Å². The predicted molar refractivity (Wildman–Crippen MR) is 48.9 cm³/mol. The third-order valence-corrected chi connectivity index (χ3v) is 2.14. The molecular formula is C10H13NO. The van der Waals surface area contributed by atoms with Crippen LogP contribution in [0.4, 0.5) is 5.69 Å². The summed E-state index contributed by atoms with van der Waals surface area (Å²) >= 11 is 0. The second-order valence-corrected chi connectivity index (χ2v) is 3.01. The second-order valence-electron chi connectivity index (χ2n) is 3.01. The Kier molecular flexibility index (Phi) is 2.00. The van der Waals surface area contributed by atoms with E-state index in [4.69, 9.17) is 4.74 Å². The Balaban J connectivity index is 2.23. The van der Waals surface area contributed by atoms with Crippen LogP contribution in [0.1, 0.15) is 18.9 Å². The molecule has 1 atom stereocenters. The van der Waals surface area contributed by atoms with Gasteiger partial charge in [-0.05, 0) is 12.5 Å². The largest absolute Gasteiger partial charge is 0.360 e. The molecule has 64 valence electrons. The van der Waals surface area contributed by atoms with Crippen LogP contribution < -0.4 is 5.32 Å². The molecule has 1 aromatic rings. The van der Waals surface area contributed by atoms with E-state index < -0.39 is 0 Å². The Hall–Kier alpha value is -1.02. The van der Waals surface area contributed by atoms with Crippen molar-refractivity contribution in [2.45, 2.75) is 26.2 Å². The minimum atomic E-state index is 0.194. The maximum absolute atomic E-state index is 5.54. The first-order chi connectivity index (χ1) is 5.90. The Morgan fingerprint density at radius 1 is 1.50 bits per heavy atom. The number of rotatable bonds is 1. The molecule has 0 saturated carbocycles. The first kappa shape index (κ1) is 7.62. The van der Waals surface area contributed by atoms with E-state index in [0.717, 1.165) is 13.0 Å². The molecular weight excluding hydrogens is 150 g/mol. The number of ether oxygens (including phenoxy) is 1. The second kappa shape index (κ2) is 3.15. The highest BCUT2D eigenvalue weighted by atomic mass is 16.5. The zero-order valence-electron chi connectivity index (χ0n) is 7.21. The van der Waals surface area contributed by atoms with E-state index in [1.54, 1.807) is 0 Å². The minimum absolute atomic E-state index is 0.194. The number of para-hydroxylation sites is 1. The molecule has 0 fully saturated rings. The van der Waals surface area contributed by atoms with Gasteiger partial charge in [-0.3, -0.25) is 0 Å². The molecule has 1 unspecified atom stereocenters. The van der Waals surface area contributed by atoms with Gasteiger partial charge < -0.3 is 10.1 Å². The van der Waals surface area contributed by atoms with Gasteiger partial charge >= 0.3 is 0 Å². The number of anilines is 1. The van der Waals surface area contributed by atoms with Crippen molar-refractivity contribution in [3.05, 3.63) is 29.8 Å². The van der Waals surface area contributed by atoms with Gasteiger partial charge in [0.25, 0.3) is 0 Å². The van der Waals surface area contributed by atoms with E-state index in [9.17, 15) is 0 Å². The SMILES string of the molecule is CCC1Nc2ccccc2CO1. The Morgan fingerprint density at radius 3 is 3.17 bits per heavy atom. The minimum Gasteiger partial charge on any atom is -0.360 e. The van der Waals surface area contributed by atoms with Crippen LogP contribution in [0.5, 0.6) is 0 Å². The Bertz CT molecular complexity index is 272. The highest BCUT2D eigenvalue weighted by molar-refractivity contribution is 5.52. The van der Waals surface area contributed by atoms with Crippen LogP contribution in [0.15, 0.2) is 24.3 Å². The van der Waals surface area contributed by atoms with Crippen LogP contribution in [-0.4, -0.2) is 6.23 Å². The van der Waals surface area contributed by atoms with E-state index in [2.05, 4.69) is 24.4 Å². The molecule has 0 aliphatic carbocycles. The fourth-order valence-corrected chi connectivity index (χ4v) is 1.41. The lowest BCUT2D eigenvalue weighted by Crippen LogP contribution is -2.26. The zero-order valence-corrected chi connectivity index (χ0v) is 7.21. The van der Waals surface area contributed by atoms with Crippen molar-refractivity contribution in [3.8, 4) is 0 Å². The standard InChI is InChI=1S/C10H13NO/c1-2-10-11-9-6-4-3-5-8(9)7-12-10/h3-6,10-11H,2,7H2,1H3. The Labute approximate surface area is 72.5 Å². The molecule has 0 amide bonds. The average molecular weight is 163 g/mol. The lowest BCUT2D eigenvalue weighted by molar-refractivity contribution is 0.0491. The van der Waals surface area contributed by atoms with Crippen molar-refractivity contribution in [3.63, 3.8) is 0 Å². The summed E-state index contributed by atoms with van der Waals surface area (Å²) in [5.74, 6) is 0. The highest BCUT2D eigenvalue weighted by Gasteiger charge is 2.14. The van der Waals surface area contributed by atoms with Crippen LogP contribution >= 0.6 is 0 Å². The monoisotopic (exact) mass is 163 g/mol. The van der Waals surface area contributed by atoms with Gasteiger partial charge in [0.05, 0.1) is 6.61 Å². The summed E-state index contributed by atoms with van der Waals surface area (Å²) in [6, 6.07) is 8.27. The molecule has 1 aliphatic rings. The maximum Gasteiger partial charge on any atom is 0.127 e. The Morgan fingerprint density at radius 2 is 2.33 bits per heavy atom. The molecule has 0 aromatic heterocycles. The van der Waals surface area contributed by atoms with Gasteiger partial charge in [-0.2, -0.15) is 0 Å². The molecule has 0 saturated heterocycles. The third kappa shape index (κ3) is 1.30. The fourth-order valence-electron chi connectivity index (χ4n) is 1.41. The number of fused-ring (bicyclic) bond motifs is 1. The predicted octanol–water partition coefficient (Wildman–Crippen LogP) is 2.36. The number of hydrogen-bond acceptors (Lipinski definition) is 2. The number of benzene rings is 1. The van der Waals surface area contributed by atoms with Crippen molar-refractivity contribution < 1.29 is 4.74 Å². The van der Waals surface area contributed by atoms with Gasteiger partial charge in [-0.25, -0.2) is 0 Å². The van der Waals surface area contributed by atoms with E-state index in [1.165, 1.54) is 11.3 Å². The summed E-state index contributed by atoms with van der Waals surface area (Å²) in [5, 5.41) is 3.32. The van der Waals surface area contributed by atoms with Gasteiger partial charge in [0, 0.05) is 11.3 Å². The van der Waals surface area contributed by atoms with E-state index >= 15 is 0 Å². The van der Waals surface area contributed by atoms with Crippen molar-refractivity contribution >= 4 is 5.69 Å². The van der Waals surface area contributed by atoms with Crippen LogP contribution in [0, 0.1) is 0 Å². The smallest absolute Gasteiger partial charge is 0.127 e. The third-order valence-electron chi connectivity index (χ3n) is 2.14. The molecule has 1 N–H and O–H groups in total. The lowest BCUT2D eigenvalue weighted by Gasteiger charge is -2.26. The fraction of sp³-hybridized carbons (Fsp3) is 0.400. The molecule has 2 rings (SSSR count).